The standard InChI is InChI=1S/C16H18F3NO3/c1-15(2,3)23-14(21)20-10-5-4-7-12-8-6-9-13(11-12)22-16(17,18)19/h6,8-9,11H,5,10H2,1-3H3,(H,20,21). The smallest absolute Gasteiger partial charge is 0.444 e. The van der Waals surface area contributed by atoms with Crippen molar-refractivity contribution in [2.75, 3.05) is 6.54 Å². The monoisotopic (exact) mass is 329 g/mol. The number of ether oxygens (including phenoxy) is 2. The van der Waals surface area contributed by atoms with Crippen molar-refractivity contribution < 1.29 is 27.4 Å². The average Bonchev–Trinajstić information content (AvgIpc) is 2.34. The van der Waals surface area contributed by atoms with Crippen molar-refractivity contribution in [3.63, 3.8) is 0 Å². The third-order valence-electron chi connectivity index (χ3n) is 2.22. The van der Waals surface area contributed by atoms with Crippen LogP contribution in [-0.4, -0.2) is 24.6 Å². The van der Waals surface area contributed by atoms with Crippen LogP contribution in [0.4, 0.5) is 18.0 Å². The molecule has 1 rings (SSSR count). The highest BCUT2D eigenvalue weighted by Crippen LogP contribution is 2.22. The Morgan fingerprint density at radius 3 is 2.57 bits per heavy atom. The van der Waals surface area contributed by atoms with Crippen molar-refractivity contribution in [2.24, 2.45) is 0 Å². The van der Waals surface area contributed by atoms with Crippen molar-refractivity contribution in [1.29, 1.82) is 0 Å². The van der Waals surface area contributed by atoms with Gasteiger partial charge in [-0.05, 0) is 39.0 Å². The molecule has 1 amide bonds. The number of hydrogen-bond donors (Lipinski definition) is 1. The van der Waals surface area contributed by atoms with Crippen LogP contribution < -0.4 is 10.1 Å². The van der Waals surface area contributed by atoms with E-state index in [0.717, 1.165) is 0 Å². The second-order valence-corrected chi connectivity index (χ2v) is 5.56. The van der Waals surface area contributed by atoms with Crippen LogP contribution in [0.2, 0.25) is 0 Å². The zero-order valence-electron chi connectivity index (χ0n) is 13.1. The van der Waals surface area contributed by atoms with Crippen molar-refractivity contribution in [3.05, 3.63) is 29.8 Å². The van der Waals surface area contributed by atoms with Gasteiger partial charge in [0.25, 0.3) is 0 Å². The largest absolute Gasteiger partial charge is 0.573 e. The number of halogens is 3. The number of benzene rings is 1. The van der Waals surface area contributed by atoms with Gasteiger partial charge in [0.05, 0.1) is 0 Å². The second-order valence-electron chi connectivity index (χ2n) is 5.56. The Balaban J connectivity index is 2.45. The van der Waals surface area contributed by atoms with Gasteiger partial charge in [-0.2, -0.15) is 0 Å². The Hall–Kier alpha value is -2.36. The van der Waals surface area contributed by atoms with E-state index in [1.165, 1.54) is 18.2 Å². The minimum atomic E-state index is -4.73. The highest BCUT2D eigenvalue weighted by Gasteiger charge is 2.31. The summed E-state index contributed by atoms with van der Waals surface area (Å²) in [5, 5.41) is 2.53. The molecule has 4 nitrogen and oxygen atoms in total. The second kappa shape index (κ2) is 7.77. The van der Waals surface area contributed by atoms with E-state index in [0.29, 0.717) is 12.0 Å². The molecule has 0 aliphatic carbocycles. The van der Waals surface area contributed by atoms with E-state index in [-0.39, 0.29) is 12.3 Å². The van der Waals surface area contributed by atoms with Crippen LogP contribution in [-0.2, 0) is 4.74 Å². The summed E-state index contributed by atoms with van der Waals surface area (Å²) in [4.78, 5) is 11.4. The van der Waals surface area contributed by atoms with Gasteiger partial charge in [0, 0.05) is 18.5 Å². The lowest BCUT2D eigenvalue weighted by atomic mass is 10.2. The first kappa shape index (κ1) is 18.7. The van der Waals surface area contributed by atoms with E-state index in [1.54, 1.807) is 26.8 Å². The predicted molar refractivity (Wildman–Crippen MR) is 78.9 cm³/mol. The molecule has 1 N–H and O–H groups in total. The zero-order valence-corrected chi connectivity index (χ0v) is 13.1. The Morgan fingerprint density at radius 1 is 1.26 bits per heavy atom. The molecule has 0 saturated carbocycles. The highest BCUT2D eigenvalue weighted by molar-refractivity contribution is 5.67. The fourth-order valence-electron chi connectivity index (χ4n) is 1.48. The Kier molecular flexibility index (Phi) is 6.31. The molecule has 0 unspecified atom stereocenters. The molecule has 0 radical (unpaired) electrons. The first-order valence-corrected chi connectivity index (χ1v) is 6.87. The van der Waals surface area contributed by atoms with Crippen LogP contribution in [0.3, 0.4) is 0 Å². The SMILES string of the molecule is CC(C)(C)OC(=O)NCCC#Cc1cccc(OC(F)(F)F)c1. The summed E-state index contributed by atoms with van der Waals surface area (Å²) in [6.45, 7) is 5.54. The maximum atomic E-state index is 12.1. The first-order chi connectivity index (χ1) is 10.6. The van der Waals surface area contributed by atoms with E-state index in [1.807, 2.05) is 0 Å². The molecule has 0 heterocycles. The van der Waals surface area contributed by atoms with Crippen LogP contribution in [0.15, 0.2) is 24.3 Å². The van der Waals surface area contributed by atoms with E-state index < -0.39 is 18.1 Å². The lowest BCUT2D eigenvalue weighted by Crippen LogP contribution is -2.32. The molecule has 0 saturated heterocycles. The number of alkyl carbamates (subject to hydrolysis) is 1. The molecule has 1 aromatic rings. The normalized spacial score (nSPS) is 11.2. The fourth-order valence-corrected chi connectivity index (χ4v) is 1.48. The molecular formula is C16H18F3NO3. The Morgan fingerprint density at radius 2 is 1.96 bits per heavy atom. The lowest BCUT2D eigenvalue weighted by molar-refractivity contribution is -0.274. The maximum absolute atomic E-state index is 12.1. The van der Waals surface area contributed by atoms with Gasteiger partial charge in [-0.3, -0.25) is 0 Å². The summed E-state index contributed by atoms with van der Waals surface area (Å²) in [7, 11) is 0. The van der Waals surface area contributed by atoms with E-state index in [4.69, 9.17) is 4.74 Å². The van der Waals surface area contributed by atoms with Gasteiger partial charge in [-0.15, -0.1) is 13.2 Å². The van der Waals surface area contributed by atoms with E-state index in [2.05, 4.69) is 21.9 Å². The van der Waals surface area contributed by atoms with E-state index in [9.17, 15) is 18.0 Å². The summed E-state index contributed by atoms with van der Waals surface area (Å²) < 4.78 is 45.2. The molecule has 0 aromatic heterocycles. The molecule has 0 spiro atoms. The van der Waals surface area contributed by atoms with Crippen LogP contribution in [0.25, 0.3) is 0 Å². The van der Waals surface area contributed by atoms with Crippen molar-refractivity contribution in [1.82, 2.24) is 5.32 Å². The van der Waals surface area contributed by atoms with E-state index >= 15 is 0 Å². The first-order valence-electron chi connectivity index (χ1n) is 6.87. The molecule has 23 heavy (non-hydrogen) atoms. The highest BCUT2D eigenvalue weighted by atomic mass is 19.4. The number of rotatable bonds is 3. The van der Waals surface area contributed by atoms with Gasteiger partial charge < -0.3 is 14.8 Å². The molecule has 0 atom stereocenters. The summed E-state index contributed by atoms with van der Waals surface area (Å²) in [6.07, 6.45) is -4.94. The molecule has 126 valence electrons. The summed E-state index contributed by atoms with van der Waals surface area (Å²) >= 11 is 0. The number of hydrogen-bond acceptors (Lipinski definition) is 3. The molecule has 0 fully saturated rings. The number of carbonyl (C=O) groups is 1. The number of amides is 1. The number of nitrogens with one attached hydrogen (secondary N) is 1. The molecular weight excluding hydrogens is 311 g/mol. The molecule has 0 bridgehead atoms. The Labute approximate surface area is 133 Å². The fraction of sp³-hybridized carbons (Fsp3) is 0.438. The quantitative estimate of drug-likeness (QED) is 0.677. The van der Waals surface area contributed by atoms with Gasteiger partial charge in [0.15, 0.2) is 0 Å². The van der Waals surface area contributed by atoms with Crippen molar-refractivity contribution in [2.45, 2.75) is 39.2 Å². The summed E-state index contributed by atoms with van der Waals surface area (Å²) in [5.74, 6) is 5.13. The average molecular weight is 329 g/mol. The molecule has 0 aliphatic heterocycles. The van der Waals surface area contributed by atoms with Crippen LogP contribution in [0.5, 0.6) is 5.75 Å². The summed E-state index contributed by atoms with van der Waals surface area (Å²) in [6, 6.07) is 5.38. The van der Waals surface area contributed by atoms with Crippen LogP contribution >= 0.6 is 0 Å². The molecule has 0 aliphatic rings. The predicted octanol–water partition coefficient (Wildman–Crippen LogP) is 3.85. The van der Waals surface area contributed by atoms with Crippen molar-refractivity contribution >= 4 is 6.09 Å². The van der Waals surface area contributed by atoms with Gasteiger partial charge in [0.2, 0.25) is 0 Å². The molecule has 1 aromatic carbocycles. The third-order valence-corrected chi connectivity index (χ3v) is 2.22. The third kappa shape index (κ3) is 9.30. The van der Waals surface area contributed by atoms with Gasteiger partial charge in [-0.25, -0.2) is 4.79 Å². The number of carbonyl (C=O) groups excluding carboxylic acids is 1. The summed E-state index contributed by atoms with van der Waals surface area (Å²) in [5.41, 5.74) is -0.182. The van der Waals surface area contributed by atoms with Gasteiger partial charge in [0.1, 0.15) is 11.4 Å². The Bertz CT molecular complexity index is 595. The zero-order chi connectivity index (χ0) is 17.5. The van der Waals surface area contributed by atoms with Crippen LogP contribution in [0.1, 0.15) is 32.8 Å². The maximum Gasteiger partial charge on any atom is 0.573 e. The molecule has 7 heteroatoms. The van der Waals surface area contributed by atoms with Crippen LogP contribution in [0, 0.1) is 11.8 Å². The number of alkyl halides is 3. The topological polar surface area (TPSA) is 47.6 Å². The minimum Gasteiger partial charge on any atom is -0.444 e. The lowest BCUT2D eigenvalue weighted by Gasteiger charge is -2.19. The van der Waals surface area contributed by atoms with Gasteiger partial charge in [-0.1, -0.05) is 17.9 Å². The van der Waals surface area contributed by atoms with Crippen molar-refractivity contribution in [3.8, 4) is 17.6 Å². The van der Waals surface area contributed by atoms with Gasteiger partial charge >= 0.3 is 12.5 Å². The minimum absolute atomic E-state index is 0.278.